The maximum absolute atomic E-state index is 13.0. The van der Waals surface area contributed by atoms with Crippen LogP contribution in [-0.4, -0.2) is 52.7 Å². The van der Waals surface area contributed by atoms with Crippen LogP contribution in [0.4, 0.5) is 0 Å². The molecule has 0 radical (unpaired) electrons. The lowest BCUT2D eigenvalue weighted by Gasteiger charge is -2.40. The van der Waals surface area contributed by atoms with Crippen LogP contribution in [0.3, 0.4) is 0 Å². The van der Waals surface area contributed by atoms with E-state index in [9.17, 15) is 13.2 Å². The van der Waals surface area contributed by atoms with Crippen LogP contribution >= 0.6 is 0 Å². The molecule has 4 rings (SSSR count). The molecule has 0 saturated carbocycles. The molecular weight excluding hydrogens is 496 g/mol. The highest BCUT2D eigenvalue weighted by atomic mass is 32.2. The van der Waals surface area contributed by atoms with Gasteiger partial charge in [0.25, 0.3) is 10.1 Å². The van der Waals surface area contributed by atoms with Crippen molar-refractivity contribution in [1.29, 1.82) is 0 Å². The molecule has 1 unspecified atom stereocenters. The zero-order chi connectivity index (χ0) is 26.3. The van der Waals surface area contributed by atoms with Crippen molar-refractivity contribution >= 4 is 16.1 Å². The molecule has 1 saturated heterocycles. The summed E-state index contributed by atoms with van der Waals surface area (Å²) in [5.41, 5.74) is 2.21. The van der Waals surface area contributed by atoms with E-state index in [0.29, 0.717) is 5.56 Å². The van der Waals surface area contributed by atoms with Gasteiger partial charge in [0, 0.05) is 13.5 Å². The smallest absolute Gasteiger partial charge is 0.338 e. The monoisotopic (exact) mass is 526 g/mol. The summed E-state index contributed by atoms with van der Waals surface area (Å²) in [7, 11) is -2.60. The molecular formula is C28H30O8S. The van der Waals surface area contributed by atoms with Crippen molar-refractivity contribution in [1.82, 2.24) is 0 Å². The summed E-state index contributed by atoms with van der Waals surface area (Å²) >= 11 is 0. The predicted molar refractivity (Wildman–Crippen MR) is 135 cm³/mol. The van der Waals surface area contributed by atoms with Crippen LogP contribution in [0.1, 0.15) is 27.9 Å². The molecule has 1 fully saturated rings. The molecule has 196 valence electrons. The maximum atomic E-state index is 13.0. The summed E-state index contributed by atoms with van der Waals surface area (Å²) in [5, 5.41) is 0. The molecule has 0 aliphatic carbocycles. The van der Waals surface area contributed by atoms with Gasteiger partial charge in [-0.2, -0.15) is 8.42 Å². The molecule has 1 aliphatic heterocycles. The summed E-state index contributed by atoms with van der Waals surface area (Å²) in [5.74, 6) is -0.579. The zero-order valence-electron chi connectivity index (χ0n) is 20.7. The van der Waals surface area contributed by atoms with Gasteiger partial charge in [-0.05, 0) is 36.8 Å². The quantitative estimate of drug-likeness (QED) is 0.285. The van der Waals surface area contributed by atoms with Gasteiger partial charge in [0.05, 0.1) is 23.7 Å². The molecule has 3 aromatic rings. The lowest BCUT2D eigenvalue weighted by atomic mass is 10.0. The summed E-state index contributed by atoms with van der Waals surface area (Å²) in [6.07, 6.45) is -2.98. The van der Waals surface area contributed by atoms with Gasteiger partial charge in [-0.25, -0.2) is 4.79 Å². The van der Waals surface area contributed by atoms with Gasteiger partial charge in [0.15, 0.2) is 12.4 Å². The first-order chi connectivity index (χ1) is 17.9. The molecule has 9 heteroatoms. The van der Waals surface area contributed by atoms with Gasteiger partial charge in [0.2, 0.25) is 0 Å². The molecule has 0 bridgehead atoms. The number of esters is 1. The van der Waals surface area contributed by atoms with E-state index in [2.05, 4.69) is 0 Å². The van der Waals surface area contributed by atoms with Crippen molar-refractivity contribution in [2.24, 2.45) is 0 Å². The first-order valence-electron chi connectivity index (χ1n) is 11.9. The number of carbonyl (C=O) groups excluding carboxylic acids is 1. The van der Waals surface area contributed by atoms with E-state index in [1.807, 2.05) is 37.3 Å². The van der Waals surface area contributed by atoms with E-state index >= 15 is 0 Å². The van der Waals surface area contributed by atoms with E-state index in [-0.39, 0.29) is 17.9 Å². The fraction of sp³-hybridized carbons (Fsp3) is 0.321. The summed E-state index contributed by atoms with van der Waals surface area (Å²) in [6.45, 7) is 1.73. The number of carbonyl (C=O) groups is 1. The van der Waals surface area contributed by atoms with Crippen LogP contribution in [0.5, 0.6) is 0 Å². The molecule has 0 N–H and O–H groups in total. The molecule has 1 heterocycles. The number of hydrogen-bond donors (Lipinski definition) is 0. The fourth-order valence-electron chi connectivity index (χ4n) is 3.96. The van der Waals surface area contributed by atoms with E-state index in [1.54, 1.807) is 42.5 Å². The lowest BCUT2D eigenvalue weighted by molar-refractivity contribution is -0.256. The van der Waals surface area contributed by atoms with Crippen molar-refractivity contribution in [2.75, 3.05) is 13.7 Å². The Morgan fingerprint density at radius 3 is 2.24 bits per heavy atom. The molecule has 1 aliphatic rings. The SMILES string of the molecule is COC1C[C@@H](OCc2ccccc2)[C@H](OC(=O)c2ccccc2)[C@@H](COS(=O)(=O)c2ccc(C)cc2)O1. The van der Waals surface area contributed by atoms with Gasteiger partial charge in [-0.1, -0.05) is 66.2 Å². The lowest BCUT2D eigenvalue weighted by Crippen LogP contribution is -2.53. The number of ether oxygens (including phenoxy) is 4. The normalized spacial score (nSPS) is 21.9. The largest absolute Gasteiger partial charge is 0.453 e. The third-order valence-corrected chi connectivity index (χ3v) is 7.30. The number of benzene rings is 3. The van der Waals surface area contributed by atoms with E-state index in [1.165, 1.54) is 19.2 Å². The average molecular weight is 527 g/mol. The highest BCUT2D eigenvalue weighted by Gasteiger charge is 2.43. The topological polar surface area (TPSA) is 97.4 Å². The Balaban J connectivity index is 1.55. The average Bonchev–Trinajstić information content (AvgIpc) is 2.92. The Morgan fingerprint density at radius 1 is 0.946 bits per heavy atom. The van der Waals surface area contributed by atoms with Crippen LogP contribution in [0.15, 0.2) is 89.8 Å². The highest BCUT2D eigenvalue weighted by Crippen LogP contribution is 2.29. The van der Waals surface area contributed by atoms with Crippen molar-refractivity contribution in [3.05, 3.63) is 102 Å². The molecule has 0 amide bonds. The van der Waals surface area contributed by atoms with Crippen molar-refractivity contribution < 1.29 is 36.3 Å². The van der Waals surface area contributed by atoms with Gasteiger partial charge in [0.1, 0.15) is 12.2 Å². The van der Waals surface area contributed by atoms with E-state index in [4.69, 9.17) is 23.1 Å². The van der Waals surface area contributed by atoms with E-state index < -0.39 is 47.3 Å². The number of rotatable bonds is 10. The number of aryl methyl sites for hydroxylation is 1. The van der Waals surface area contributed by atoms with Crippen molar-refractivity contribution in [3.63, 3.8) is 0 Å². The minimum Gasteiger partial charge on any atom is -0.453 e. The minimum atomic E-state index is -4.08. The Labute approximate surface area is 217 Å². The molecule has 0 aromatic heterocycles. The molecule has 8 nitrogen and oxygen atoms in total. The second-order valence-electron chi connectivity index (χ2n) is 8.70. The van der Waals surface area contributed by atoms with Crippen LogP contribution in [0.2, 0.25) is 0 Å². The van der Waals surface area contributed by atoms with Crippen molar-refractivity contribution in [3.8, 4) is 0 Å². The highest BCUT2D eigenvalue weighted by molar-refractivity contribution is 7.86. The standard InChI is InChI=1S/C28H30O8S/c1-20-13-15-23(16-14-20)37(30,31)34-19-25-27(36-28(29)22-11-7-4-8-12-22)24(17-26(32-2)35-25)33-18-21-9-5-3-6-10-21/h3-16,24-27H,17-19H2,1-2H3/t24-,25-,26?,27+/m1/s1. The van der Waals surface area contributed by atoms with E-state index in [0.717, 1.165) is 11.1 Å². The minimum absolute atomic E-state index is 0.0203. The number of hydrogen-bond acceptors (Lipinski definition) is 8. The van der Waals surface area contributed by atoms with Crippen LogP contribution in [0.25, 0.3) is 0 Å². The molecule has 0 spiro atoms. The predicted octanol–water partition coefficient (Wildman–Crippen LogP) is 4.27. The van der Waals surface area contributed by atoms with Gasteiger partial charge in [-0.15, -0.1) is 0 Å². The third-order valence-electron chi connectivity index (χ3n) is 6.00. The molecule has 37 heavy (non-hydrogen) atoms. The number of methoxy groups -OCH3 is 1. The summed E-state index contributed by atoms with van der Waals surface area (Å²) in [6, 6.07) is 24.4. The summed E-state index contributed by atoms with van der Waals surface area (Å²) in [4.78, 5) is 13.0. The Kier molecular flexibility index (Phi) is 9.07. The maximum Gasteiger partial charge on any atom is 0.338 e. The first-order valence-corrected chi connectivity index (χ1v) is 13.3. The van der Waals surface area contributed by atoms with Crippen LogP contribution < -0.4 is 0 Å². The van der Waals surface area contributed by atoms with Crippen LogP contribution in [-0.2, 0) is 39.9 Å². The fourth-order valence-corrected chi connectivity index (χ4v) is 4.88. The first kappa shape index (κ1) is 27.0. The second-order valence-corrected chi connectivity index (χ2v) is 10.3. The molecule has 4 atom stereocenters. The summed E-state index contributed by atoms with van der Waals surface area (Å²) < 4.78 is 54.4. The Bertz CT molecular complexity index is 1250. The third kappa shape index (κ3) is 7.24. The Hall–Kier alpha value is -3.08. The van der Waals surface area contributed by atoms with Gasteiger partial charge in [-0.3, -0.25) is 4.18 Å². The van der Waals surface area contributed by atoms with Crippen LogP contribution in [0, 0.1) is 6.92 Å². The van der Waals surface area contributed by atoms with Gasteiger partial charge >= 0.3 is 5.97 Å². The Morgan fingerprint density at radius 2 is 1.59 bits per heavy atom. The molecule has 3 aromatic carbocycles. The zero-order valence-corrected chi connectivity index (χ0v) is 21.5. The van der Waals surface area contributed by atoms with Gasteiger partial charge < -0.3 is 18.9 Å². The van der Waals surface area contributed by atoms with Crippen molar-refractivity contribution in [2.45, 2.75) is 49.4 Å². The second kappa shape index (κ2) is 12.4.